The molecule has 25 heavy (non-hydrogen) atoms. The maximum atomic E-state index is 4.60. The highest BCUT2D eigenvalue weighted by Gasteiger charge is 2.09. The quantitative estimate of drug-likeness (QED) is 0.670. The third-order valence-corrected chi connectivity index (χ3v) is 4.07. The number of nitrogens with one attached hydrogen (secondary N) is 1. The molecule has 0 fully saturated rings. The van der Waals surface area contributed by atoms with E-state index in [1.54, 1.807) is 10.9 Å². The van der Waals surface area contributed by atoms with Crippen molar-refractivity contribution >= 4 is 5.95 Å². The van der Waals surface area contributed by atoms with Crippen LogP contribution < -0.4 is 5.32 Å². The molecule has 0 unspecified atom stereocenters. The van der Waals surface area contributed by atoms with E-state index in [2.05, 4.69) is 43.8 Å². The second-order valence-corrected chi connectivity index (χ2v) is 6.48. The van der Waals surface area contributed by atoms with Gasteiger partial charge in [0.2, 0.25) is 5.95 Å². The van der Waals surface area contributed by atoms with Crippen LogP contribution in [0.1, 0.15) is 37.7 Å². The molecular formula is C18H25N7. The van der Waals surface area contributed by atoms with Gasteiger partial charge in [-0.1, -0.05) is 13.8 Å². The molecule has 3 aromatic heterocycles. The molecule has 0 spiro atoms. The highest BCUT2D eigenvalue weighted by Crippen LogP contribution is 2.20. The Hall–Kier alpha value is -2.70. The van der Waals surface area contributed by atoms with Crippen molar-refractivity contribution < 1.29 is 0 Å². The molecule has 0 saturated heterocycles. The molecule has 1 N–H and O–H groups in total. The van der Waals surface area contributed by atoms with E-state index >= 15 is 0 Å². The van der Waals surface area contributed by atoms with Gasteiger partial charge in [0.15, 0.2) is 0 Å². The number of rotatable bonds is 7. The summed E-state index contributed by atoms with van der Waals surface area (Å²) >= 11 is 0. The molecule has 0 radical (unpaired) electrons. The van der Waals surface area contributed by atoms with Crippen LogP contribution in [-0.2, 0) is 13.6 Å². The van der Waals surface area contributed by atoms with Gasteiger partial charge in [-0.3, -0.25) is 4.68 Å². The number of imidazole rings is 1. The molecular weight excluding hydrogens is 314 g/mol. The van der Waals surface area contributed by atoms with E-state index in [1.165, 1.54) is 0 Å². The molecule has 0 amide bonds. The summed E-state index contributed by atoms with van der Waals surface area (Å²) in [5.41, 5.74) is 2.89. The normalized spacial score (nSPS) is 11.2. The van der Waals surface area contributed by atoms with Crippen LogP contribution in [0.25, 0.3) is 11.3 Å². The monoisotopic (exact) mass is 339 g/mol. The lowest BCUT2D eigenvalue weighted by molar-refractivity contribution is 0.600. The van der Waals surface area contributed by atoms with Gasteiger partial charge in [-0.05, 0) is 19.4 Å². The van der Waals surface area contributed by atoms with E-state index in [4.69, 9.17) is 0 Å². The van der Waals surface area contributed by atoms with E-state index in [1.807, 2.05) is 38.6 Å². The molecule has 7 nitrogen and oxygen atoms in total. The van der Waals surface area contributed by atoms with Crippen LogP contribution in [-0.4, -0.2) is 35.8 Å². The van der Waals surface area contributed by atoms with Gasteiger partial charge in [-0.2, -0.15) is 5.10 Å². The van der Waals surface area contributed by atoms with Crippen LogP contribution in [0.3, 0.4) is 0 Å². The maximum absolute atomic E-state index is 4.60. The zero-order valence-corrected chi connectivity index (χ0v) is 15.3. The van der Waals surface area contributed by atoms with Crippen LogP contribution in [0.2, 0.25) is 0 Å². The predicted octanol–water partition coefficient (Wildman–Crippen LogP) is 3.01. The largest absolute Gasteiger partial charge is 0.354 e. The van der Waals surface area contributed by atoms with E-state index in [9.17, 15) is 0 Å². The fourth-order valence-electron chi connectivity index (χ4n) is 2.91. The second-order valence-electron chi connectivity index (χ2n) is 6.48. The van der Waals surface area contributed by atoms with Crippen LogP contribution in [0.4, 0.5) is 5.95 Å². The minimum atomic E-state index is 0.436. The number of aromatic nitrogens is 6. The summed E-state index contributed by atoms with van der Waals surface area (Å²) in [4.78, 5) is 13.3. The van der Waals surface area contributed by atoms with Crippen LogP contribution in [0.5, 0.6) is 0 Å². The third-order valence-electron chi connectivity index (χ3n) is 4.07. The molecule has 0 aromatic carbocycles. The Bertz CT molecular complexity index is 832. The lowest BCUT2D eigenvalue weighted by Crippen LogP contribution is -2.11. The number of nitrogens with zero attached hydrogens (tertiary/aromatic N) is 6. The number of anilines is 1. The summed E-state index contributed by atoms with van der Waals surface area (Å²) in [6.45, 7) is 8.06. The summed E-state index contributed by atoms with van der Waals surface area (Å²) < 4.78 is 4.01. The molecule has 7 heteroatoms. The average molecular weight is 339 g/mol. The SMILES string of the molecule is Cc1nn(C)cc1-c1ccnc(NCCCn2ccnc2C(C)C)n1. The summed E-state index contributed by atoms with van der Waals surface area (Å²) in [5, 5.41) is 7.68. The van der Waals surface area contributed by atoms with Gasteiger partial charge in [-0.15, -0.1) is 0 Å². The molecule has 0 aliphatic carbocycles. The summed E-state index contributed by atoms with van der Waals surface area (Å²) in [6.07, 6.45) is 8.65. The Morgan fingerprint density at radius 2 is 2.04 bits per heavy atom. The first kappa shape index (κ1) is 17.1. The molecule has 0 saturated carbocycles. The average Bonchev–Trinajstić information content (AvgIpc) is 3.18. The first-order valence-electron chi connectivity index (χ1n) is 8.63. The van der Waals surface area contributed by atoms with Crippen LogP contribution >= 0.6 is 0 Å². The van der Waals surface area contributed by atoms with Crippen molar-refractivity contribution in [2.75, 3.05) is 11.9 Å². The summed E-state index contributed by atoms with van der Waals surface area (Å²) in [7, 11) is 1.92. The van der Waals surface area contributed by atoms with E-state index in [-0.39, 0.29) is 0 Å². The van der Waals surface area contributed by atoms with Gasteiger partial charge in [0.25, 0.3) is 0 Å². The van der Waals surface area contributed by atoms with Gasteiger partial charge in [0.05, 0.1) is 11.4 Å². The Morgan fingerprint density at radius 1 is 1.20 bits per heavy atom. The van der Waals surface area contributed by atoms with Crippen molar-refractivity contribution in [2.45, 2.75) is 39.7 Å². The Labute approximate surface area is 148 Å². The Morgan fingerprint density at radius 3 is 2.76 bits per heavy atom. The highest BCUT2D eigenvalue weighted by atomic mass is 15.3. The van der Waals surface area contributed by atoms with Gasteiger partial charge < -0.3 is 9.88 Å². The summed E-state index contributed by atoms with van der Waals surface area (Å²) in [6, 6.07) is 1.91. The summed E-state index contributed by atoms with van der Waals surface area (Å²) in [5.74, 6) is 2.21. The molecule has 3 heterocycles. The van der Waals surface area contributed by atoms with Gasteiger partial charge in [0, 0.05) is 56.4 Å². The molecule has 3 aromatic rings. The van der Waals surface area contributed by atoms with E-state index in [0.29, 0.717) is 11.9 Å². The number of aryl methyl sites for hydroxylation is 3. The Balaban J connectivity index is 1.58. The maximum Gasteiger partial charge on any atom is 0.223 e. The lowest BCUT2D eigenvalue weighted by Gasteiger charge is -2.11. The first-order valence-corrected chi connectivity index (χ1v) is 8.63. The lowest BCUT2D eigenvalue weighted by atomic mass is 10.2. The van der Waals surface area contributed by atoms with Crippen molar-refractivity contribution in [1.82, 2.24) is 29.3 Å². The molecule has 0 aliphatic heterocycles. The van der Waals surface area contributed by atoms with Gasteiger partial charge in [-0.25, -0.2) is 15.0 Å². The van der Waals surface area contributed by atoms with Crippen LogP contribution in [0, 0.1) is 6.92 Å². The van der Waals surface area contributed by atoms with Gasteiger partial charge in [0.1, 0.15) is 5.82 Å². The number of hydrogen-bond acceptors (Lipinski definition) is 5. The fraction of sp³-hybridized carbons (Fsp3) is 0.444. The van der Waals surface area contributed by atoms with E-state index in [0.717, 1.165) is 42.3 Å². The fourth-order valence-corrected chi connectivity index (χ4v) is 2.91. The van der Waals surface area contributed by atoms with E-state index < -0.39 is 0 Å². The Kier molecular flexibility index (Phi) is 5.11. The topological polar surface area (TPSA) is 73.5 Å². The zero-order chi connectivity index (χ0) is 17.8. The second kappa shape index (κ2) is 7.46. The van der Waals surface area contributed by atoms with Crippen molar-refractivity contribution in [3.8, 4) is 11.3 Å². The first-order chi connectivity index (χ1) is 12.0. The number of hydrogen-bond donors (Lipinski definition) is 1. The van der Waals surface area contributed by atoms with Crippen molar-refractivity contribution in [3.05, 3.63) is 42.4 Å². The molecule has 0 atom stereocenters. The minimum Gasteiger partial charge on any atom is -0.354 e. The smallest absolute Gasteiger partial charge is 0.223 e. The molecule has 0 aliphatic rings. The van der Waals surface area contributed by atoms with Crippen molar-refractivity contribution in [2.24, 2.45) is 7.05 Å². The molecule has 3 rings (SSSR count). The van der Waals surface area contributed by atoms with Crippen molar-refractivity contribution in [1.29, 1.82) is 0 Å². The molecule has 0 bridgehead atoms. The highest BCUT2D eigenvalue weighted by molar-refractivity contribution is 5.61. The third kappa shape index (κ3) is 4.04. The van der Waals surface area contributed by atoms with Crippen molar-refractivity contribution in [3.63, 3.8) is 0 Å². The molecule has 132 valence electrons. The van der Waals surface area contributed by atoms with Crippen LogP contribution in [0.15, 0.2) is 30.9 Å². The minimum absolute atomic E-state index is 0.436. The standard InChI is InChI=1S/C18H25N7/c1-13(2)17-19-9-11-25(17)10-5-7-20-18-21-8-6-16(22-18)15-12-24(4)23-14(15)3/h6,8-9,11-13H,5,7,10H2,1-4H3,(H,20,21,22). The zero-order valence-electron chi connectivity index (χ0n) is 15.3. The van der Waals surface area contributed by atoms with Gasteiger partial charge >= 0.3 is 0 Å². The predicted molar refractivity (Wildman–Crippen MR) is 98.4 cm³/mol.